The molecule has 0 atom stereocenters. The van der Waals surface area contributed by atoms with E-state index in [0.29, 0.717) is 5.56 Å². The lowest BCUT2D eigenvalue weighted by Crippen LogP contribution is -2.02. The highest BCUT2D eigenvalue weighted by atomic mass is 79.9. The zero-order valence-corrected chi connectivity index (χ0v) is 11.7. The number of hydrogen-bond donors (Lipinski definition) is 2. The van der Waals surface area contributed by atoms with Crippen LogP contribution >= 0.6 is 15.9 Å². The van der Waals surface area contributed by atoms with E-state index >= 15 is 0 Å². The second-order valence-electron chi connectivity index (χ2n) is 4.05. The van der Waals surface area contributed by atoms with Gasteiger partial charge in [-0.25, -0.2) is 4.39 Å². The number of nitrogens with one attached hydrogen (secondary N) is 1. The third kappa shape index (κ3) is 3.24. The maximum Gasteiger partial charge on any atom is 0.271 e. The van der Waals surface area contributed by atoms with Gasteiger partial charge in [-0.15, -0.1) is 0 Å². The molecule has 7 heteroatoms. The highest BCUT2D eigenvalue weighted by Gasteiger charge is 2.11. The molecule has 0 spiro atoms. The molecule has 0 aromatic heterocycles. The summed E-state index contributed by atoms with van der Waals surface area (Å²) in [5.41, 5.74) is 0.358. The molecule has 0 aliphatic heterocycles. The van der Waals surface area contributed by atoms with Gasteiger partial charge in [0, 0.05) is 28.7 Å². The van der Waals surface area contributed by atoms with Crippen molar-refractivity contribution in [3.8, 4) is 5.75 Å². The van der Waals surface area contributed by atoms with E-state index in [4.69, 9.17) is 0 Å². The number of phenols is 1. The summed E-state index contributed by atoms with van der Waals surface area (Å²) >= 11 is 3.27. The molecule has 0 fully saturated rings. The maximum absolute atomic E-state index is 13.6. The van der Waals surface area contributed by atoms with Gasteiger partial charge in [-0.05, 0) is 24.3 Å². The number of nitrogens with zero attached hydrogens (tertiary/aromatic N) is 1. The third-order valence-corrected chi connectivity index (χ3v) is 3.16. The molecule has 0 saturated heterocycles. The van der Waals surface area contributed by atoms with E-state index in [0.717, 1.165) is 22.7 Å². The lowest BCUT2D eigenvalue weighted by Gasteiger charge is -2.09. The fourth-order valence-electron chi connectivity index (χ4n) is 1.65. The van der Waals surface area contributed by atoms with Gasteiger partial charge in [-0.1, -0.05) is 15.9 Å². The molecule has 2 aromatic carbocycles. The van der Waals surface area contributed by atoms with E-state index in [1.165, 1.54) is 6.07 Å². The van der Waals surface area contributed by atoms with Crippen LogP contribution in [0.2, 0.25) is 0 Å². The first-order valence-electron chi connectivity index (χ1n) is 5.62. The van der Waals surface area contributed by atoms with Crippen LogP contribution in [-0.2, 0) is 6.54 Å². The summed E-state index contributed by atoms with van der Waals surface area (Å²) in [5, 5.41) is 23.0. The van der Waals surface area contributed by atoms with Crippen LogP contribution in [0.1, 0.15) is 5.56 Å². The topological polar surface area (TPSA) is 75.4 Å². The highest BCUT2D eigenvalue weighted by Crippen LogP contribution is 2.25. The molecule has 5 nitrogen and oxygen atoms in total. The van der Waals surface area contributed by atoms with E-state index in [-0.39, 0.29) is 23.7 Å². The van der Waals surface area contributed by atoms with Crippen LogP contribution in [0.3, 0.4) is 0 Å². The minimum Gasteiger partial charge on any atom is -0.508 e. The highest BCUT2D eigenvalue weighted by molar-refractivity contribution is 9.10. The number of nitro benzene ring substituents is 1. The summed E-state index contributed by atoms with van der Waals surface area (Å²) < 4.78 is 14.3. The number of anilines is 1. The molecule has 2 rings (SSSR count). The van der Waals surface area contributed by atoms with Crippen LogP contribution in [0, 0.1) is 15.9 Å². The van der Waals surface area contributed by atoms with Gasteiger partial charge >= 0.3 is 0 Å². The Morgan fingerprint density at radius 3 is 2.75 bits per heavy atom. The lowest BCUT2D eigenvalue weighted by molar-refractivity contribution is -0.384. The molecular weight excluding hydrogens is 331 g/mol. The number of phenolic OH excluding ortho intramolecular Hbond substituents is 1. The van der Waals surface area contributed by atoms with Crippen LogP contribution in [0.5, 0.6) is 5.75 Å². The van der Waals surface area contributed by atoms with Crippen molar-refractivity contribution in [1.29, 1.82) is 0 Å². The minimum atomic E-state index is -0.596. The Kier molecular flexibility index (Phi) is 4.19. The Balaban J connectivity index is 2.20. The van der Waals surface area contributed by atoms with E-state index in [2.05, 4.69) is 21.2 Å². The number of rotatable bonds is 4. The largest absolute Gasteiger partial charge is 0.508 e. The quantitative estimate of drug-likeness (QED) is 0.655. The predicted octanol–water partition coefficient (Wildman–Crippen LogP) is 3.81. The van der Waals surface area contributed by atoms with Gasteiger partial charge < -0.3 is 10.4 Å². The van der Waals surface area contributed by atoms with Crippen molar-refractivity contribution in [3.63, 3.8) is 0 Å². The molecule has 0 amide bonds. The number of non-ortho nitro benzene ring substituents is 1. The standard InChI is InChI=1S/C13H10BrFN2O3/c14-9-1-4-13(18)8(5-9)7-16-12-6-10(17(19)20)2-3-11(12)15/h1-6,16,18H,7H2. The van der Waals surface area contributed by atoms with Crippen molar-refractivity contribution in [2.75, 3.05) is 5.32 Å². The number of aromatic hydroxyl groups is 1. The van der Waals surface area contributed by atoms with E-state index in [9.17, 15) is 19.6 Å². The summed E-state index contributed by atoms with van der Waals surface area (Å²) in [5.74, 6) is -0.531. The summed E-state index contributed by atoms with van der Waals surface area (Å²) in [7, 11) is 0. The van der Waals surface area contributed by atoms with E-state index < -0.39 is 10.7 Å². The fourth-order valence-corrected chi connectivity index (χ4v) is 2.06. The monoisotopic (exact) mass is 340 g/mol. The molecular formula is C13H10BrFN2O3. The van der Waals surface area contributed by atoms with Crippen LogP contribution in [0.4, 0.5) is 15.8 Å². The first-order valence-corrected chi connectivity index (χ1v) is 6.42. The molecule has 0 heterocycles. The molecule has 104 valence electrons. The molecule has 0 bridgehead atoms. The Hall–Kier alpha value is -2.15. The van der Waals surface area contributed by atoms with Crippen molar-refractivity contribution in [3.05, 3.63) is 62.4 Å². The Morgan fingerprint density at radius 1 is 1.30 bits per heavy atom. The zero-order valence-electron chi connectivity index (χ0n) is 10.1. The maximum atomic E-state index is 13.6. The Labute approximate surface area is 122 Å². The third-order valence-electron chi connectivity index (χ3n) is 2.67. The van der Waals surface area contributed by atoms with Gasteiger partial charge in [0.25, 0.3) is 5.69 Å². The first kappa shape index (κ1) is 14.3. The first-order chi connectivity index (χ1) is 9.47. The fraction of sp³-hybridized carbons (Fsp3) is 0.0769. The van der Waals surface area contributed by atoms with Crippen LogP contribution in [-0.4, -0.2) is 10.0 Å². The van der Waals surface area contributed by atoms with Gasteiger partial charge in [0.15, 0.2) is 0 Å². The van der Waals surface area contributed by atoms with Crippen molar-refractivity contribution in [1.82, 2.24) is 0 Å². The summed E-state index contributed by atoms with van der Waals surface area (Å²) in [6, 6.07) is 8.10. The van der Waals surface area contributed by atoms with Crippen LogP contribution in [0.25, 0.3) is 0 Å². The molecule has 0 aliphatic rings. The Morgan fingerprint density at radius 2 is 2.05 bits per heavy atom. The second-order valence-corrected chi connectivity index (χ2v) is 4.96. The number of hydrogen-bond acceptors (Lipinski definition) is 4. The smallest absolute Gasteiger partial charge is 0.271 e. The summed E-state index contributed by atoms with van der Waals surface area (Å²) in [4.78, 5) is 10.1. The minimum absolute atomic E-state index is 0.0126. The lowest BCUT2D eigenvalue weighted by atomic mass is 10.2. The SMILES string of the molecule is O=[N+]([O-])c1ccc(F)c(NCc2cc(Br)ccc2O)c1. The average Bonchev–Trinajstić information content (AvgIpc) is 2.41. The number of benzene rings is 2. The summed E-state index contributed by atoms with van der Waals surface area (Å²) in [6.45, 7) is 0.142. The van der Waals surface area contributed by atoms with Crippen LogP contribution < -0.4 is 5.32 Å². The molecule has 0 radical (unpaired) electrons. The van der Waals surface area contributed by atoms with E-state index in [1.54, 1.807) is 12.1 Å². The van der Waals surface area contributed by atoms with Crippen molar-refractivity contribution in [2.45, 2.75) is 6.54 Å². The van der Waals surface area contributed by atoms with Crippen molar-refractivity contribution in [2.24, 2.45) is 0 Å². The molecule has 2 aromatic rings. The van der Waals surface area contributed by atoms with Crippen LogP contribution in [0.15, 0.2) is 40.9 Å². The molecule has 2 N–H and O–H groups in total. The Bertz CT molecular complexity index is 664. The normalized spacial score (nSPS) is 10.3. The van der Waals surface area contributed by atoms with Gasteiger partial charge in [-0.3, -0.25) is 10.1 Å². The molecule has 0 unspecified atom stereocenters. The second kappa shape index (κ2) is 5.87. The van der Waals surface area contributed by atoms with Crippen molar-refractivity contribution < 1.29 is 14.4 Å². The van der Waals surface area contributed by atoms with Gasteiger partial charge in [0.05, 0.1) is 10.6 Å². The van der Waals surface area contributed by atoms with E-state index in [1.807, 2.05) is 0 Å². The predicted molar refractivity (Wildman–Crippen MR) is 76.2 cm³/mol. The molecule has 0 aliphatic carbocycles. The molecule has 0 saturated carbocycles. The van der Waals surface area contributed by atoms with Gasteiger partial charge in [0.2, 0.25) is 0 Å². The number of halogens is 2. The van der Waals surface area contributed by atoms with Crippen molar-refractivity contribution >= 4 is 27.3 Å². The van der Waals surface area contributed by atoms with Gasteiger partial charge in [0.1, 0.15) is 11.6 Å². The average molecular weight is 341 g/mol. The number of nitro groups is 1. The zero-order chi connectivity index (χ0) is 14.7. The molecule has 20 heavy (non-hydrogen) atoms. The van der Waals surface area contributed by atoms with Gasteiger partial charge in [-0.2, -0.15) is 0 Å². The summed E-state index contributed by atoms with van der Waals surface area (Å²) in [6.07, 6.45) is 0.